The topological polar surface area (TPSA) is 43.8 Å². The van der Waals surface area contributed by atoms with Crippen LogP contribution >= 0.6 is 0 Å². The second-order valence-electron chi connectivity index (χ2n) is 5.87. The molecule has 0 radical (unpaired) electrons. The molecule has 0 aromatic carbocycles. The summed E-state index contributed by atoms with van der Waals surface area (Å²) in [6.45, 7) is 8.53. The predicted molar refractivity (Wildman–Crippen MR) is 82.2 cm³/mol. The molecule has 0 saturated heterocycles. The maximum atomic E-state index is 5.90. The third-order valence-electron chi connectivity index (χ3n) is 3.94. The van der Waals surface area contributed by atoms with Crippen LogP contribution in [0.3, 0.4) is 0 Å². The summed E-state index contributed by atoms with van der Waals surface area (Å²) >= 11 is 0. The van der Waals surface area contributed by atoms with Gasteiger partial charge in [-0.15, -0.1) is 0 Å². The average Bonchev–Trinajstić information content (AvgIpc) is 2.82. The lowest BCUT2D eigenvalue weighted by Crippen LogP contribution is -2.21. The second kappa shape index (κ2) is 9.13. The first-order valence-electron chi connectivity index (χ1n) is 7.90. The third kappa shape index (κ3) is 5.35. The van der Waals surface area contributed by atoms with E-state index in [1.54, 1.807) is 0 Å². The van der Waals surface area contributed by atoms with Crippen LogP contribution < -0.4 is 5.73 Å². The van der Waals surface area contributed by atoms with Crippen molar-refractivity contribution in [1.82, 2.24) is 9.55 Å². The van der Waals surface area contributed by atoms with Crippen molar-refractivity contribution in [1.29, 1.82) is 0 Å². The molecule has 1 rings (SSSR count). The fourth-order valence-electron chi connectivity index (χ4n) is 2.62. The highest BCUT2D eigenvalue weighted by Gasteiger charge is 2.17. The SMILES string of the molecule is CCCCCCCCn1cncc1C(CN)C(C)C. The maximum absolute atomic E-state index is 5.90. The molecule has 0 saturated carbocycles. The standard InChI is InChI=1S/C16H31N3/c1-4-5-6-7-8-9-10-19-13-18-12-16(19)15(11-17)14(2)3/h12-15H,4-11,17H2,1-3H3. The Morgan fingerprint density at radius 1 is 1.16 bits per heavy atom. The second-order valence-corrected chi connectivity index (χ2v) is 5.87. The molecule has 0 aliphatic carbocycles. The Morgan fingerprint density at radius 2 is 1.84 bits per heavy atom. The van der Waals surface area contributed by atoms with E-state index in [0.717, 1.165) is 6.54 Å². The van der Waals surface area contributed by atoms with E-state index >= 15 is 0 Å². The van der Waals surface area contributed by atoms with Gasteiger partial charge >= 0.3 is 0 Å². The number of aromatic nitrogens is 2. The van der Waals surface area contributed by atoms with Gasteiger partial charge in [0.15, 0.2) is 0 Å². The van der Waals surface area contributed by atoms with Gasteiger partial charge in [0.25, 0.3) is 0 Å². The van der Waals surface area contributed by atoms with Crippen LogP contribution in [-0.2, 0) is 6.54 Å². The van der Waals surface area contributed by atoms with Crippen molar-refractivity contribution in [2.75, 3.05) is 6.54 Å². The van der Waals surface area contributed by atoms with Crippen molar-refractivity contribution in [2.45, 2.75) is 71.8 Å². The zero-order valence-electron chi connectivity index (χ0n) is 12.9. The van der Waals surface area contributed by atoms with Gasteiger partial charge in [0, 0.05) is 30.9 Å². The molecule has 1 unspecified atom stereocenters. The lowest BCUT2D eigenvalue weighted by atomic mass is 9.93. The normalized spacial score (nSPS) is 13.1. The Bertz CT molecular complexity index is 330. The average molecular weight is 265 g/mol. The van der Waals surface area contributed by atoms with E-state index in [1.165, 1.54) is 44.2 Å². The zero-order valence-corrected chi connectivity index (χ0v) is 12.9. The molecule has 3 heteroatoms. The number of hydrogen-bond acceptors (Lipinski definition) is 2. The lowest BCUT2D eigenvalue weighted by Gasteiger charge is -2.20. The summed E-state index contributed by atoms with van der Waals surface area (Å²) < 4.78 is 2.30. The first kappa shape index (κ1) is 16.2. The van der Waals surface area contributed by atoms with Crippen molar-refractivity contribution in [3.63, 3.8) is 0 Å². The van der Waals surface area contributed by atoms with Gasteiger partial charge in [0.1, 0.15) is 0 Å². The Labute approximate surface area is 118 Å². The van der Waals surface area contributed by atoms with Crippen LogP contribution in [0.2, 0.25) is 0 Å². The van der Waals surface area contributed by atoms with Crippen molar-refractivity contribution in [3.05, 3.63) is 18.2 Å². The Balaban J connectivity index is 2.40. The molecule has 0 amide bonds. The maximum Gasteiger partial charge on any atom is 0.0948 e. The van der Waals surface area contributed by atoms with Gasteiger partial charge in [-0.05, 0) is 12.3 Å². The largest absolute Gasteiger partial charge is 0.334 e. The molecule has 0 spiro atoms. The van der Waals surface area contributed by atoms with Gasteiger partial charge in [0.05, 0.1) is 6.33 Å². The molecular formula is C16H31N3. The molecule has 0 aliphatic heterocycles. The van der Waals surface area contributed by atoms with Crippen LogP contribution in [0.4, 0.5) is 0 Å². The molecule has 0 fully saturated rings. The summed E-state index contributed by atoms with van der Waals surface area (Å²) in [5, 5.41) is 0. The highest BCUT2D eigenvalue weighted by atomic mass is 15.0. The minimum atomic E-state index is 0.433. The van der Waals surface area contributed by atoms with E-state index < -0.39 is 0 Å². The minimum Gasteiger partial charge on any atom is -0.334 e. The van der Waals surface area contributed by atoms with Gasteiger partial charge in [-0.2, -0.15) is 0 Å². The molecule has 1 atom stereocenters. The van der Waals surface area contributed by atoms with E-state index in [4.69, 9.17) is 5.73 Å². The molecular weight excluding hydrogens is 234 g/mol. The molecule has 0 bridgehead atoms. The summed E-state index contributed by atoms with van der Waals surface area (Å²) in [5.74, 6) is 1.01. The van der Waals surface area contributed by atoms with Crippen LogP contribution in [0.1, 0.15) is 70.9 Å². The third-order valence-corrected chi connectivity index (χ3v) is 3.94. The summed E-state index contributed by atoms with van der Waals surface area (Å²) in [4.78, 5) is 4.31. The van der Waals surface area contributed by atoms with Crippen molar-refractivity contribution >= 4 is 0 Å². The number of nitrogens with two attached hydrogens (primary N) is 1. The summed E-state index contributed by atoms with van der Waals surface area (Å²) in [5.41, 5.74) is 7.21. The predicted octanol–water partition coefficient (Wildman–Crippen LogP) is 3.94. The summed E-state index contributed by atoms with van der Waals surface area (Å²) in [7, 11) is 0. The number of unbranched alkanes of at least 4 members (excludes halogenated alkanes) is 5. The first-order valence-corrected chi connectivity index (χ1v) is 7.90. The van der Waals surface area contributed by atoms with Crippen molar-refractivity contribution < 1.29 is 0 Å². The van der Waals surface area contributed by atoms with Gasteiger partial charge in [-0.3, -0.25) is 0 Å². The van der Waals surface area contributed by atoms with E-state index in [9.17, 15) is 0 Å². The van der Waals surface area contributed by atoms with E-state index in [-0.39, 0.29) is 0 Å². The van der Waals surface area contributed by atoms with E-state index in [0.29, 0.717) is 18.4 Å². The smallest absolute Gasteiger partial charge is 0.0948 e. The van der Waals surface area contributed by atoms with Crippen LogP contribution in [0.25, 0.3) is 0 Å². The molecule has 1 aromatic rings. The minimum absolute atomic E-state index is 0.433. The molecule has 1 heterocycles. The number of imidazole rings is 1. The monoisotopic (exact) mass is 265 g/mol. The molecule has 2 N–H and O–H groups in total. The molecule has 3 nitrogen and oxygen atoms in total. The highest BCUT2D eigenvalue weighted by molar-refractivity contribution is 5.08. The molecule has 19 heavy (non-hydrogen) atoms. The fraction of sp³-hybridized carbons (Fsp3) is 0.812. The number of hydrogen-bond donors (Lipinski definition) is 1. The van der Waals surface area contributed by atoms with Gasteiger partial charge in [0.2, 0.25) is 0 Å². The quantitative estimate of drug-likeness (QED) is 0.651. The van der Waals surface area contributed by atoms with Crippen LogP contribution in [0.5, 0.6) is 0 Å². The van der Waals surface area contributed by atoms with Gasteiger partial charge in [-0.1, -0.05) is 52.9 Å². The summed E-state index contributed by atoms with van der Waals surface area (Å²) in [6.07, 6.45) is 12.0. The fourth-order valence-corrected chi connectivity index (χ4v) is 2.62. The first-order chi connectivity index (χ1) is 9.20. The van der Waals surface area contributed by atoms with Crippen LogP contribution in [0, 0.1) is 5.92 Å². The number of aryl methyl sites for hydroxylation is 1. The molecule has 110 valence electrons. The highest BCUT2D eigenvalue weighted by Crippen LogP contribution is 2.23. The Hall–Kier alpha value is -0.830. The van der Waals surface area contributed by atoms with Crippen molar-refractivity contribution in [3.8, 4) is 0 Å². The zero-order chi connectivity index (χ0) is 14.1. The van der Waals surface area contributed by atoms with E-state index in [2.05, 4.69) is 30.3 Å². The van der Waals surface area contributed by atoms with Gasteiger partial charge < -0.3 is 10.3 Å². The van der Waals surface area contributed by atoms with Crippen molar-refractivity contribution in [2.24, 2.45) is 11.7 Å². The van der Waals surface area contributed by atoms with Crippen LogP contribution in [-0.4, -0.2) is 16.1 Å². The lowest BCUT2D eigenvalue weighted by molar-refractivity contribution is 0.462. The van der Waals surface area contributed by atoms with Crippen LogP contribution in [0.15, 0.2) is 12.5 Å². The summed E-state index contributed by atoms with van der Waals surface area (Å²) in [6, 6.07) is 0. The Morgan fingerprint density at radius 3 is 2.47 bits per heavy atom. The van der Waals surface area contributed by atoms with E-state index in [1.807, 2.05) is 12.5 Å². The number of rotatable bonds is 10. The molecule has 0 aliphatic rings. The molecule has 1 aromatic heterocycles. The Kier molecular flexibility index (Phi) is 7.80. The number of nitrogens with zero attached hydrogens (tertiary/aromatic N) is 2. The van der Waals surface area contributed by atoms with Gasteiger partial charge in [-0.25, -0.2) is 4.98 Å².